The third kappa shape index (κ3) is 1.42. The maximum Gasteiger partial charge on any atom is 0.181 e. The standard InChI is InChI=1S/C11H8N4S/c12-9-7-4-6-16-11(7)15-10(14-9)8-3-1-2-5-13-8/h1-6H,(H2,12,14,15). The number of rotatable bonds is 1. The molecule has 0 saturated heterocycles. The molecule has 78 valence electrons. The van der Waals surface area contributed by atoms with Crippen LogP contribution >= 0.6 is 11.3 Å². The lowest BCUT2D eigenvalue weighted by atomic mass is 10.3. The van der Waals surface area contributed by atoms with E-state index < -0.39 is 0 Å². The first kappa shape index (κ1) is 9.23. The second-order valence-corrected chi connectivity index (χ2v) is 4.18. The summed E-state index contributed by atoms with van der Waals surface area (Å²) in [7, 11) is 0. The molecule has 0 aliphatic carbocycles. The number of anilines is 1. The Bertz CT molecular complexity index is 633. The van der Waals surface area contributed by atoms with Crippen LogP contribution in [0.5, 0.6) is 0 Å². The number of hydrogen-bond donors (Lipinski definition) is 1. The Morgan fingerprint density at radius 2 is 2.06 bits per heavy atom. The van der Waals surface area contributed by atoms with Gasteiger partial charge < -0.3 is 5.73 Å². The summed E-state index contributed by atoms with van der Waals surface area (Å²) in [5.74, 6) is 1.08. The molecule has 0 amide bonds. The Morgan fingerprint density at radius 1 is 1.12 bits per heavy atom. The molecule has 0 radical (unpaired) electrons. The summed E-state index contributed by atoms with van der Waals surface area (Å²) in [4.78, 5) is 13.8. The van der Waals surface area contributed by atoms with Gasteiger partial charge >= 0.3 is 0 Å². The Labute approximate surface area is 95.8 Å². The van der Waals surface area contributed by atoms with E-state index in [1.165, 1.54) is 0 Å². The molecule has 3 rings (SSSR count). The zero-order chi connectivity index (χ0) is 11.0. The van der Waals surface area contributed by atoms with Gasteiger partial charge in [0, 0.05) is 6.20 Å². The van der Waals surface area contributed by atoms with Crippen LogP contribution in [0.25, 0.3) is 21.7 Å². The Balaban J connectivity index is 2.25. The van der Waals surface area contributed by atoms with E-state index in [0.717, 1.165) is 15.9 Å². The average molecular weight is 228 g/mol. The topological polar surface area (TPSA) is 64.7 Å². The summed E-state index contributed by atoms with van der Waals surface area (Å²) in [6.45, 7) is 0. The third-order valence-corrected chi connectivity index (χ3v) is 3.06. The van der Waals surface area contributed by atoms with Crippen molar-refractivity contribution in [1.82, 2.24) is 15.0 Å². The van der Waals surface area contributed by atoms with Gasteiger partial charge in [-0.1, -0.05) is 6.07 Å². The number of nitrogen functional groups attached to an aromatic ring is 1. The number of hydrogen-bond acceptors (Lipinski definition) is 5. The summed E-state index contributed by atoms with van der Waals surface area (Å²) < 4.78 is 0. The summed E-state index contributed by atoms with van der Waals surface area (Å²) in [5.41, 5.74) is 6.61. The predicted molar refractivity (Wildman–Crippen MR) is 65.1 cm³/mol. The highest BCUT2D eigenvalue weighted by atomic mass is 32.1. The fourth-order valence-corrected chi connectivity index (χ4v) is 2.26. The van der Waals surface area contributed by atoms with Crippen molar-refractivity contribution in [2.24, 2.45) is 0 Å². The van der Waals surface area contributed by atoms with Gasteiger partial charge in [0.2, 0.25) is 0 Å². The number of thiophene rings is 1. The highest BCUT2D eigenvalue weighted by molar-refractivity contribution is 7.16. The molecule has 0 aliphatic heterocycles. The highest BCUT2D eigenvalue weighted by Crippen LogP contribution is 2.25. The van der Waals surface area contributed by atoms with Crippen molar-refractivity contribution in [3.8, 4) is 11.5 Å². The van der Waals surface area contributed by atoms with Crippen LogP contribution < -0.4 is 5.73 Å². The molecule has 4 nitrogen and oxygen atoms in total. The van der Waals surface area contributed by atoms with Crippen LogP contribution in [-0.4, -0.2) is 15.0 Å². The number of pyridine rings is 1. The summed E-state index contributed by atoms with van der Waals surface area (Å²) in [6, 6.07) is 7.56. The summed E-state index contributed by atoms with van der Waals surface area (Å²) in [6.07, 6.45) is 1.72. The Hall–Kier alpha value is -2.01. The minimum absolute atomic E-state index is 0.506. The van der Waals surface area contributed by atoms with Crippen molar-refractivity contribution < 1.29 is 0 Å². The fourth-order valence-electron chi connectivity index (χ4n) is 1.49. The van der Waals surface area contributed by atoms with Crippen molar-refractivity contribution in [1.29, 1.82) is 0 Å². The van der Waals surface area contributed by atoms with Crippen LogP contribution in [0.4, 0.5) is 5.82 Å². The summed E-state index contributed by atoms with van der Waals surface area (Å²) in [5, 5.41) is 2.86. The van der Waals surface area contributed by atoms with Crippen molar-refractivity contribution in [2.45, 2.75) is 0 Å². The first-order valence-electron chi connectivity index (χ1n) is 4.77. The normalized spacial score (nSPS) is 10.8. The van der Waals surface area contributed by atoms with Crippen molar-refractivity contribution in [3.63, 3.8) is 0 Å². The zero-order valence-corrected chi connectivity index (χ0v) is 9.11. The van der Waals surface area contributed by atoms with Crippen LogP contribution in [0.15, 0.2) is 35.8 Å². The maximum absolute atomic E-state index is 5.87. The Morgan fingerprint density at radius 3 is 2.88 bits per heavy atom. The fraction of sp³-hybridized carbons (Fsp3) is 0. The molecule has 0 saturated carbocycles. The summed E-state index contributed by atoms with van der Waals surface area (Å²) >= 11 is 1.55. The number of fused-ring (bicyclic) bond motifs is 1. The molecule has 0 unspecified atom stereocenters. The predicted octanol–water partition coefficient (Wildman–Crippen LogP) is 2.34. The van der Waals surface area contributed by atoms with Gasteiger partial charge in [-0.05, 0) is 23.6 Å². The first-order valence-corrected chi connectivity index (χ1v) is 5.65. The Kier molecular flexibility index (Phi) is 2.04. The molecule has 3 heterocycles. The van der Waals surface area contributed by atoms with Crippen molar-refractivity contribution in [2.75, 3.05) is 5.73 Å². The molecule has 0 bridgehead atoms. The molecule has 0 spiro atoms. The molecule has 0 aliphatic rings. The lowest BCUT2D eigenvalue weighted by Gasteiger charge is -2.01. The van der Waals surface area contributed by atoms with E-state index in [9.17, 15) is 0 Å². The van der Waals surface area contributed by atoms with E-state index in [2.05, 4.69) is 15.0 Å². The maximum atomic E-state index is 5.87. The molecule has 0 aromatic carbocycles. The van der Waals surface area contributed by atoms with E-state index in [0.29, 0.717) is 11.6 Å². The van der Waals surface area contributed by atoms with E-state index in [1.54, 1.807) is 17.5 Å². The van der Waals surface area contributed by atoms with E-state index >= 15 is 0 Å². The number of aromatic nitrogens is 3. The zero-order valence-electron chi connectivity index (χ0n) is 8.29. The van der Waals surface area contributed by atoms with Gasteiger partial charge in [-0.15, -0.1) is 11.3 Å². The molecule has 2 N–H and O–H groups in total. The lowest BCUT2D eigenvalue weighted by molar-refractivity contribution is 1.19. The van der Waals surface area contributed by atoms with Crippen LogP contribution in [0, 0.1) is 0 Å². The molecule has 3 aromatic heterocycles. The molecule has 0 fully saturated rings. The minimum atomic E-state index is 0.506. The first-order chi connectivity index (χ1) is 7.84. The SMILES string of the molecule is Nc1nc(-c2ccccn2)nc2sccc12. The van der Waals surface area contributed by atoms with Crippen molar-refractivity contribution >= 4 is 27.4 Å². The second kappa shape index (κ2) is 3.53. The highest BCUT2D eigenvalue weighted by Gasteiger charge is 2.08. The van der Waals surface area contributed by atoms with Crippen LogP contribution in [0.1, 0.15) is 0 Å². The van der Waals surface area contributed by atoms with Gasteiger partial charge in [-0.3, -0.25) is 4.98 Å². The largest absolute Gasteiger partial charge is 0.383 e. The molecule has 16 heavy (non-hydrogen) atoms. The van der Waals surface area contributed by atoms with Crippen LogP contribution in [0.3, 0.4) is 0 Å². The van der Waals surface area contributed by atoms with E-state index in [-0.39, 0.29) is 0 Å². The van der Waals surface area contributed by atoms with Crippen LogP contribution in [-0.2, 0) is 0 Å². The van der Waals surface area contributed by atoms with Gasteiger partial charge in [-0.2, -0.15) is 0 Å². The monoisotopic (exact) mass is 228 g/mol. The van der Waals surface area contributed by atoms with Gasteiger partial charge in [0.25, 0.3) is 0 Å². The quantitative estimate of drug-likeness (QED) is 0.694. The van der Waals surface area contributed by atoms with Gasteiger partial charge in [0.15, 0.2) is 5.82 Å². The van der Waals surface area contributed by atoms with Crippen LogP contribution in [0.2, 0.25) is 0 Å². The molecule has 3 aromatic rings. The van der Waals surface area contributed by atoms with E-state index in [1.807, 2.05) is 29.6 Å². The number of nitrogens with zero attached hydrogens (tertiary/aromatic N) is 3. The lowest BCUT2D eigenvalue weighted by Crippen LogP contribution is -1.96. The molecular formula is C11H8N4S. The van der Waals surface area contributed by atoms with Gasteiger partial charge in [0.05, 0.1) is 5.39 Å². The number of nitrogens with two attached hydrogens (primary N) is 1. The minimum Gasteiger partial charge on any atom is -0.383 e. The van der Waals surface area contributed by atoms with E-state index in [4.69, 9.17) is 5.73 Å². The molecule has 0 atom stereocenters. The average Bonchev–Trinajstić information content (AvgIpc) is 2.79. The third-order valence-electron chi connectivity index (χ3n) is 2.25. The smallest absolute Gasteiger partial charge is 0.181 e. The van der Waals surface area contributed by atoms with Crippen molar-refractivity contribution in [3.05, 3.63) is 35.8 Å². The molecule has 5 heteroatoms. The van der Waals surface area contributed by atoms with Gasteiger partial charge in [-0.25, -0.2) is 9.97 Å². The second-order valence-electron chi connectivity index (χ2n) is 3.29. The van der Waals surface area contributed by atoms with Gasteiger partial charge in [0.1, 0.15) is 16.3 Å². The molecular weight excluding hydrogens is 220 g/mol.